The molecule has 0 spiro atoms. The van der Waals surface area contributed by atoms with Gasteiger partial charge >= 0.3 is 5.97 Å². The molecule has 1 amide bonds. The highest BCUT2D eigenvalue weighted by Gasteiger charge is 2.31. The first-order valence-electron chi connectivity index (χ1n) is 9.11. The number of ether oxygens (including phenoxy) is 1. The molecule has 0 aliphatic heterocycles. The maximum absolute atomic E-state index is 13.7. The third-order valence-electron chi connectivity index (χ3n) is 4.73. The predicted molar refractivity (Wildman–Crippen MR) is 105 cm³/mol. The number of rotatable bonds is 4. The molecule has 3 aromatic rings. The lowest BCUT2D eigenvalue weighted by Crippen LogP contribution is -2.26. The standard InChI is InChI=1S/C23H13F2NO5/c24-15-8-4-9-16(25)20(15)23(30)31-11-18(27)26-17-10-3-7-14-19(17)22(29)13-6-2-1-5-12(13)21(14)28/h1-10H,11H2,(H,26,27). The number of halogens is 2. The molecule has 0 saturated carbocycles. The molecule has 31 heavy (non-hydrogen) atoms. The van der Waals surface area contributed by atoms with Crippen LogP contribution in [0.25, 0.3) is 0 Å². The van der Waals surface area contributed by atoms with Gasteiger partial charge in [-0.2, -0.15) is 0 Å². The summed E-state index contributed by atoms with van der Waals surface area (Å²) >= 11 is 0. The quantitative estimate of drug-likeness (QED) is 0.509. The molecule has 1 aliphatic carbocycles. The molecule has 0 fully saturated rings. The van der Waals surface area contributed by atoms with E-state index in [4.69, 9.17) is 0 Å². The van der Waals surface area contributed by atoms with Crippen molar-refractivity contribution in [2.45, 2.75) is 0 Å². The summed E-state index contributed by atoms with van der Waals surface area (Å²) in [5.74, 6) is -5.23. The normalized spacial score (nSPS) is 12.1. The molecule has 0 bridgehead atoms. The summed E-state index contributed by atoms with van der Waals surface area (Å²) in [4.78, 5) is 49.8. The smallest absolute Gasteiger partial charge is 0.344 e. The average Bonchev–Trinajstić information content (AvgIpc) is 2.76. The number of ketones is 2. The minimum Gasteiger partial charge on any atom is -0.452 e. The van der Waals surface area contributed by atoms with E-state index in [0.717, 1.165) is 18.2 Å². The Hall–Kier alpha value is -4.20. The summed E-state index contributed by atoms with van der Waals surface area (Å²) < 4.78 is 32.0. The highest BCUT2D eigenvalue weighted by molar-refractivity contribution is 6.30. The second kappa shape index (κ2) is 7.91. The molecule has 4 rings (SSSR count). The van der Waals surface area contributed by atoms with E-state index in [1.165, 1.54) is 24.3 Å². The molecule has 3 aromatic carbocycles. The van der Waals surface area contributed by atoms with Gasteiger partial charge in [-0.3, -0.25) is 14.4 Å². The number of carbonyl (C=O) groups excluding carboxylic acids is 4. The fraction of sp³-hybridized carbons (Fsp3) is 0.0435. The van der Waals surface area contributed by atoms with Crippen LogP contribution < -0.4 is 5.32 Å². The SMILES string of the molecule is O=C(COC(=O)c1c(F)cccc1F)Nc1cccc2c1C(=O)c1ccccc1C2=O. The Morgan fingerprint density at radius 1 is 0.774 bits per heavy atom. The van der Waals surface area contributed by atoms with Crippen LogP contribution in [-0.4, -0.2) is 30.0 Å². The maximum atomic E-state index is 13.7. The van der Waals surface area contributed by atoms with Gasteiger partial charge in [0.25, 0.3) is 5.91 Å². The largest absolute Gasteiger partial charge is 0.452 e. The van der Waals surface area contributed by atoms with Gasteiger partial charge in [-0.05, 0) is 18.2 Å². The Morgan fingerprint density at radius 3 is 2.03 bits per heavy atom. The van der Waals surface area contributed by atoms with Gasteiger partial charge in [0.1, 0.15) is 17.2 Å². The second-order valence-corrected chi connectivity index (χ2v) is 6.65. The lowest BCUT2D eigenvalue weighted by atomic mass is 9.83. The van der Waals surface area contributed by atoms with E-state index in [-0.39, 0.29) is 33.7 Å². The number of nitrogens with one attached hydrogen (secondary N) is 1. The Bertz CT molecular complexity index is 1250. The summed E-state index contributed by atoms with van der Waals surface area (Å²) in [6.45, 7) is -0.852. The van der Waals surface area contributed by atoms with Crippen molar-refractivity contribution in [1.82, 2.24) is 0 Å². The van der Waals surface area contributed by atoms with Crippen molar-refractivity contribution in [3.05, 3.63) is 100 Å². The minimum absolute atomic E-state index is 0.0195. The summed E-state index contributed by atoms with van der Waals surface area (Å²) in [5, 5.41) is 2.41. The lowest BCUT2D eigenvalue weighted by molar-refractivity contribution is -0.119. The van der Waals surface area contributed by atoms with Gasteiger partial charge < -0.3 is 10.1 Å². The van der Waals surface area contributed by atoms with Gasteiger partial charge in [0.05, 0.1) is 11.3 Å². The second-order valence-electron chi connectivity index (χ2n) is 6.65. The van der Waals surface area contributed by atoms with E-state index >= 15 is 0 Å². The van der Waals surface area contributed by atoms with Gasteiger partial charge in [-0.1, -0.05) is 42.5 Å². The topological polar surface area (TPSA) is 89.5 Å². The monoisotopic (exact) mass is 421 g/mol. The Labute approximate surface area is 174 Å². The molecule has 0 saturated heterocycles. The molecule has 0 aromatic heterocycles. The van der Waals surface area contributed by atoms with Gasteiger partial charge in [-0.15, -0.1) is 0 Å². The van der Waals surface area contributed by atoms with Gasteiger partial charge in [-0.25, -0.2) is 13.6 Å². The van der Waals surface area contributed by atoms with Crippen LogP contribution in [0.4, 0.5) is 14.5 Å². The van der Waals surface area contributed by atoms with Crippen LogP contribution in [0.5, 0.6) is 0 Å². The van der Waals surface area contributed by atoms with Crippen LogP contribution >= 0.6 is 0 Å². The van der Waals surface area contributed by atoms with Gasteiger partial charge in [0.2, 0.25) is 0 Å². The maximum Gasteiger partial charge on any atom is 0.344 e. The molecule has 1 N–H and O–H groups in total. The van der Waals surface area contributed by atoms with Gasteiger partial charge in [0, 0.05) is 16.7 Å². The summed E-state index contributed by atoms with van der Waals surface area (Å²) in [5.41, 5.74) is -0.223. The van der Waals surface area contributed by atoms with Crippen LogP contribution in [0, 0.1) is 11.6 Å². The van der Waals surface area contributed by atoms with E-state index in [0.29, 0.717) is 0 Å². The van der Waals surface area contributed by atoms with Crippen molar-refractivity contribution in [1.29, 1.82) is 0 Å². The number of benzene rings is 3. The fourth-order valence-corrected chi connectivity index (χ4v) is 3.33. The number of hydrogen-bond donors (Lipinski definition) is 1. The lowest BCUT2D eigenvalue weighted by Gasteiger charge is -2.20. The summed E-state index contributed by atoms with van der Waals surface area (Å²) in [6, 6.07) is 13.6. The molecule has 0 unspecified atom stereocenters. The zero-order chi connectivity index (χ0) is 22.1. The number of amides is 1. The molecule has 0 atom stereocenters. The van der Waals surface area contributed by atoms with Crippen LogP contribution in [0.15, 0.2) is 60.7 Å². The van der Waals surface area contributed by atoms with Gasteiger partial charge in [0.15, 0.2) is 18.2 Å². The summed E-state index contributed by atoms with van der Waals surface area (Å²) in [7, 11) is 0. The molecule has 0 radical (unpaired) electrons. The third-order valence-corrected chi connectivity index (χ3v) is 4.73. The van der Waals surface area contributed by atoms with Crippen molar-refractivity contribution in [3.8, 4) is 0 Å². The third kappa shape index (κ3) is 3.59. The highest BCUT2D eigenvalue weighted by atomic mass is 19.1. The highest BCUT2D eigenvalue weighted by Crippen LogP contribution is 2.31. The molecular formula is C23H13F2NO5. The number of hydrogen-bond acceptors (Lipinski definition) is 5. The number of carbonyl (C=O) groups is 4. The van der Waals surface area contributed by atoms with Crippen molar-refractivity contribution in [2.24, 2.45) is 0 Å². The van der Waals surface area contributed by atoms with Crippen molar-refractivity contribution >= 4 is 29.1 Å². The first-order chi connectivity index (χ1) is 14.9. The molecule has 1 aliphatic rings. The van der Waals surface area contributed by atoms with E-state index in [9.17, 15) is 28.0 Å². The van der Waals surface area contributed by atoms with Crippen LogP contribution in [0.3, 0.4) is 0 Å². The number of esters is 1. The van der Waals surface area contributed by atoms with E-state index < -0.39 is 41.5 Å². The molecule has 6 nitrogen and oxygen atoms in total. The Kier molecular flexibility index (Phi) is 5.12. The van der Waals surface area contributed by atoms with Crippen molar-refractivity contribution in [3.63, 3.8) is 0 Å². The Balaban J connectivity index is 1.53. The number of anilines is 1. The van der Waals surface area contributed by atoms with E-state index in [2.05, 4.69) is 10.1 Å². The minimum atomic E-state index is -1.35. The zero-order valence-electron chi connectivity index (χ0n) is 15.8. The molecule has 154 valence electrons. The van der Waals surface area contributed by atoms with Crippen LogP contribution in [0.1, 0.15) is 42.2 Å². The van der Waals surface area contributed by atoms with E-state index in [1.807, 2.05) is 0 Å². The fourth-order valence-electron chi connectivity index (χ4n) is 3.33. The first kappa shape index (κ1) is 20.1. The Morgan fingerprint density at radius 2 is 1.35 bits per heavy atom. The predicted octanol–water partition coefficient (Wildman–Crippen LogP) is 3.54. The number of fused-ring (bicyclic) bond motifs is 2. The van der Waals surface area contributed by atoms with E-state index in [1.54, 1.807) is 18.2 Å². The van der Waals surface area contributed by atoms with Crippen LogP contribution in [0.2, 0.25) is 0 Å². The van der Waals surface area contributed by atoms with Crippen LogP contribution in [-0.2, 0) is 9.53 Å². The van der Waals surface area contributed by atoms with Crippen molar-refractivity contribution in [2.75, 3.05) is 11.9 Å². The zero-order valence-corrected chi connectivity index (χ0v) is 15.8. The molecule has 8 heteroatoms. The average molecular weight is 421 g/mol. The molecule has 0 heterocycles. The summed E-state index contributed by atoms with van der Waals surface area (Å²) in [6.07, 6.45) is 0. The molecular weight excluding hydrogens is 408 g/mol. The first-order valence-corrected chi connectivity index (χ1v) is 9.11. The van der Waals surface area contributed by atoms with Crippen molar-refractivity contribution < 1.29 is 32.7 Å².